The fourth-order valence-corrected chi connectivity index (χ4v) is 2.54. The van der Waals surface area contributed by atoms with Gasteiger partial charge in [0.05, 0.1) is 16.9 Å². The highest BCUT2D eigenvalue weighted by atomic mass is 16.2. The highest BCUT2D eigenvalue weighted by Gasteiger charge is 2.18. The molecule has 0 aliphatic rings. The van der Waals surface area contributed by atoms with Crippen LogP contribution in [0.1, 0.15) is 29.5 Å². The first-order valence-electron chi connectivity index (χ1n) is 7.88. The van der Waals surface area contributed by atoms with Crippen LogP contribution in [0.4, 0.5) is 0 Å². The van der Waals surface area contributed by atoms with E-state index in [2.05, 4.69) is 20.6 Å². The molecule has 24 heavy (non-hydrogen) atoms. The molecule has 7 heteroatoms. The zero-order chi connectivity index (χ0) is 17.1. The number of aromatic nitrogens is 4. The van der Waals surface area contributed by atoms with Crippen molar-refractivity contribution in [3.63, 3.8) is 0 Å². The Morgan fingerprint density at radius 2 is 2.17 bits per heavy atom. The first-order valence-corrected chi connectivity index (χ1v) is 7.88. The average Bonchev–Trinajstić information content (AvgIpc) is 2.95. The van der Waals surface area contributed by atoms with Crippen LogP contribution in [0.2, 0.25) is 0 Å². The number of carbonyl (C=O) groups excluding carboxylic acids is 1. The van der Waals surface area contributed by atoms with Crippen molar-refractivity contribution in [2.24, 2.45) is 5.73 Å². The number of hydrogen-bond donors (Lipinski definition) is 2. The Kier molecular flexibility index (Phi) is 4.52. The second-order valence-electron chi connectivity index (χ2n) is 5.80. The number of hydrogen-bond acceptors (Lipinski definition) is 5. The van der Waals surface area contributed by atoms with Gasteiger partial charge in [-0.05, 0) is 44.5 Å². The summed E-state index contributed by atoms with van der Waals surface area (Å²) in [6, 6.07) is 9.68. The van der Waals surface area contributed by atoms with Gasteiger partial charge in [0.25, 0.3) is 5.91 Å². The van der Waals surface area contributed by atoms with E-state index in [1.165, 1.54) is 0 Å². The summed E-state index contributed by atoms with van der Waals surface area (Å²) in [5.74, 6) is -0.238. The normalized spacial score (nSPS) is 12.3. The third kappa shape index (κ3) is 3.11. The van der Waals surface area contributed by atoms with E-state index in [9.17, 15) is 4.79 Å². The van der Waals surface area contributed by atoms with Gasteiger partial charge in [-0.2, -0.15) is 0 Å². The lowest BCUT2D eigenvalue weighted by molar-refractivity contribution is 0.0947. The standard InChI is InChI=1S/C17H20N6O/c1-11(18)8-10-20-17(24)16-12(2)23(22-21-16)15-7-3-6-14-13(15)5-4-9-19-14/h3-7,9,11H,8,10,18H2,1-2H3,(H,20,24). The quantitative estimate of drug-likeness (QED) is 0.742. The van der Waals surface area contributed by atoms with Crippen LogP contribution in [0.5, 0.6) is 0 Å². The van der Waals surface area contributed by atoms with Crippen molar-refractivity contribution < 1.29 is 4.79 Å². The van der Waals surface area contributed by atoms with Gasteiger partial charge in [-0.25, -0.2) is 4.68 Å². The Morgan fingerprint density at radius 1 is 1.33 bits per heavy atom. The number of carbonyl (C=O) groups is 1. The molecule has 3 rings (SSSR count). The highest BCUT2D eigenvalue weighted by molar-refractivity contribution is 5.93. The molecule has 0 spiro atoms. The Balaban J connectivity index is 1.91. The van der Waals surface area contributed by atoms with Gasteiger partial charge < -0.3 is 11.1 Å². The van der Waals surface area contributed by atoms with E-state index in [1.54, 1.807) is 10.9 Å². The van der Waals surface area contributed by atoms with Crippen LogP contribution in [0.25, 0.3) is 16.6 Å². The molecule has 2 heterocycles. The van der Waals surface area contributed by atoms with Crippen molar-refractivity contribution in [2.45, 2.75) is 26.3 Å². The van der Waals surface area contributed by atoms with Gasteiger partial charge in [-0.15, -0.1) is 5.10 Å². The summed E-state index contributed by atoms with van der Waals surface area (Å²) in [7, 11) is 0. The molecule has 0 radical (unpaired) electrons. The van der Waals surface area contributed by atoms with Gasteiger partial charge in [0.1, 0.15) is 0 Å². The molecule has 0 bridgehead atoms. The summed E-state index contributed by atoms with van der Waals surface area (Å²) < 4.78 is 1.67. The second-order valence-corrected chi connectivity index (χ2v) is 5.80. The molecule has 1 aromatic carbocycles. The Labute approximate surface area is 139 Å². The topological polar surface area (TPSA) is 98.7 Å². The van der Waals surface area contributed by atoms with Crippen molar-refractivity contribution in [2.75, 3.05) is 6.54 Å². The van der Waals surface area contributed by atoms with E-state index in [0.717, 1.165) is 16.6 Å². The number of pyridine rings is 1. The molecule has 0 aliphatic heterocycles. The fraction of sp³-hybridized carbons (Fsp3) is 0.294. The summed E-state index contributed by atoms with van der Waals surface area (Å²) in [5, 5.41) is 12.0. The minimum absolute atomic E-state index is 0.0465. The lowest BCUT2D eigenvalue weighted by Crippen LogP contribution is -2.29. The second kappa shape index (κ2) is 6.76. The predicted molar refractivity (Wildman–Crippen MR) is 92.0 cm³/mol. The molecule has 3 aromatic rings. The molecular weight excluding hydrogens is 304 g/mol. The average molecular weight is 324 g/mol. The predicted octanol–water partition coefficient (Wildman–Crippen LogP) is 1.59. The molecule has 7 nitrogen and oxygen atoms in total. The van der Waals surface area contributed by atoms with Crippen molar-refractivity contribution >= 4 is 16.8 Å². The minimum Gasteiger partial charge on any atom is -0.351 e. The van der Waals surface area contributed by atoms with Gasteiger partial charge in [-0.1, -0.05) is 11.3 Å². The van der Waals surface area contributed by atoms with E-state index in [0.29, 0.717) is 24.4 Å². The van der Waals surface area contributed by atoms with E-state index in [4.69, 9.17) is 5.73 Å². The lowest BCUT2D eigenvalue weighted by atomic mass is 10.2. The van der Waals surface area contributed by atoms with Crippen LogP contribution < -0.4 is 11.1 Å². The zero-order valence-corrected chi connectivity index (χ0v) is 13.7. The summed E-state index contributed by atoms with van der Waals surface area (Å²) in [6.07, 6.45) is 2.46. The molecule has 2 aromatic heterocycles. The van der Waals surface area contributed by atoms with E-state index in [-0.39, 0.29) is 11.9 Å². The molecule has 1 amide bonds. The van der Waals surface area contributed by atoms with Gasteiger partial charge in [-0.3, -0.25) is 9.78 Å². The molecule has 0 saturated carbocycles. The van der Waals surface area contributed by atoms with Crippen LogP contribution in [-0.4, -0.2) is 38.5 Å². The molecule has 0 aliphatic carbocycles. The van der Waals surface area contributed by atoms with Gasteiger partial charge in [0, 0.05) is 24.2 Å². The summed E-state index contributed by atoms with van der Waals surface area (Å²) in [6.45, 7) is 4.25. The smallest absolute Gasteiger partial charge is 0.273 e. The number of amides is 1. The van der Waals surface area contributed by atoms with Crippen molar-refractivity contribution in [1.82, 2.24) is 25.3 Å². The first kappa shape index (κ1) is 16.1. The number of benzene rings is 1. The van der Waals surface area contributed by atoms with Crippen LogP contribution in [0, 0.1) is 6.92 Å². The molecule has 0 saturated heterocycles. The fourth-order valence-electron chi connectivity index (χ4n) is 2.54. The molecule has 1 atom stereocenters. The minimum atomic E-state index is -0.238. The van der Waals surface area contributed by atoms with E-state index >= 15 is 0 Å². The van der Waals surface area contributed by atoms with Crippen LogP contribution in [0.3, 0.4) is 0 Å². The van der Waals surface area contributed by atoms with Crippen LogP contribution >= 0.6 is 0 Å². The Bertz CT molecular complexity index is 865. The zero-order valence-electron chi connectivity index (χ0n) is 13.7. The monoisotopic (exact) mass is 324 g/mol. The summed E-state index contributed by atoms with van der Waals surface area (Å²) in [4.78, 5) is 16.6. The van der Waals surface area contributed by atoms with E-state index < -0.39 is 0 Å². The number of nitrogens with zero attached hydrogens (tertiary/aromatic N) is 4. The number of rotatable bonds is 5. The van der Waals surface area contributed by atoms with Gasteiger partial charge in [0.15, 0.2) is 5.69 Å². The number of nitrogens with two attached hydrogens (primary N) is 1. The van der Waals surface area contributed by atoms with Crippen LogP contribution in [0.15, 0.2) is 36.5 Å². The Morgan fingerprint density at radius 3 is 2.96 bits per heavy atom. The molecule has 3 N–H and O–H groups in total. The molecule has 0 fully saturated rings. The maximum atomic E-state index is 12.3. The largest absolute Gasteiger partial charge is 0.351 e. The molecular formula is C17H20N6O. The lowest BCUT2D eigenvalue weighted by Gasteiger charge is -2.08. The Hall–Kier alpha value is -2.80. The number of fused-ring (bicyclic) bond motifs is 1. The molecule has 1 unspecified atom stereocenters. The summed E-state index contributed by atoms with van der Waals surface area (Å²) >= 11 is 0. The van der Waals surface area contributed by atoms with Gasteiger partial charge in [0.2, 0.25) is 0 Å². The maximum absolute atomic E-state index is 12.3. The first-order chi connectivity index (χ1) is 11.6. The van der Waals surface area contributed by atoms with Crippen molar-refractivity contribution in [3.05, 3.63) is 47.9 Å². The van der Waals surface area contributed by atoms with Crippen molar-refractivity contribution in [3.8, 4) is 5.69 Å². The summed E-state index contributed by atoms with van der Waals surface area (Å²) in [5.41, 5.74) is 8.41. The molecule has 124 valence electrons. The third-order valence-electron chi connectivity index (χ3n) is 3.85. The highest BCUT2D eigenvalue weighted by Crippen LogP contribution is 2.21. The van der Waals surface area contributed by atoms with E-state index in [1.807, 2.05) is 44.2 Å². The SMILES string of the molecule is Cc1c(C(=O)NCCC(C)N)nnn1-c1cccc2ncccc12. The van der Waals surface area contributed by atoms with Crippen LogP contribution in [-0.2, 0) is 0 Å². The van der Waals surface area contributed by atoms with Crippen molar-refractivity contribution in [1.29, 1.82) is 0 Å². The third-order valence-corrected chi connectivity index (χ3v) is 3.85. The van der Waals surface area contributed by atoms with Gasteiger partial charge >= 0.3 is 0 Å². The number of nitrogens with one attached hydrogen (secondary N) is 1. The maximum Gasteiger partial charge on any atom is 0.273 e.